The zero-order chi connectivity index (χ0) is 21.1. The first-order valence-corrected chi connectivity index (χ1v) is 9.84. The normalized spacial score (nSPS) is 13.7. The number of aromatic nitrogens is 2. The third kappa shape index (κ3) is 4.60. The molecule has 8 nitrogen and oxygen atoms in total. The second kappa shape index (κ2) is 8.54. The molecule has 0 radical (unpaired) electrons. The van der Waals surface area contributed by atoms with Crippen LogP contribution in [-0.4, -0.2) is 33.7 Å². The fraction of sp³-hybridized carbons (Fsp3) is 0.200. The van der Waals surface area contributed by atoms with Gasteiger partial charge in [0.25, 0.3) is 17.0 Å². The van der Waals surface area contributed by atoms with Crippen molar-refractivity contribution in [3.05, 3.63) is 59.7 Å². The first-order chi connectivity index (χ1) is 14.5. The number of carbonyl (C=O) groups excluding carboxylic acids is 2. The molecule has 10 heteroatoms. The van der Waals surface area contributed by atoms with Gasteiger partial charge in [-0.2, -0.15) is 0 Å². The average Bonchev–Trinajstić information content (AvgIpc) is 3.19. The van der Waals surface area contributed by atoms with Crippen LogP contribution in [0.5, 0.6) is 11.5 Å². The first-order valence-electron chi connectivity index (χ1n) is 8.96. The number of nitrogens with one attached hydrogen (secondary N) is 1. The molecule has 0 saturated carbocycles. The van der Waals surface area contributed by atoms with Gasteiger partial charge in [-0.15, -0.1) is 10.2 Å². The van der Waals surface area contributed by atoms with Gasteiger partial charge in [-0.05, 0) is 49.4 Å². The summed E-state index contributed by atoms with van der Waals surface area (Å²) in [5, 5.41) is 10.2. The third-order valence-electron chi connectivity index (χ3n) is 4.17. The summed E-state index contributed by atoms with van der Waals surface area (Å²) < 4.78 is 29.2. The molecule has 4 rings (SSSR count). The van der Waals surface area contributed by atoms with Crippen molar-refractivity contribution in [2.45, 2.75) is 24.0 Å². The average molecular weight is 429 g/mol. The number of Topliss-reactive ketones (excluding diaryl/α,β-unsaturated/α-hetero) is 1. The molecule has 0 bridgehead atoms. The fourth-order valence-corrected chi connectivity index (χ4v) is 3.47. The van der Waals surface area contributed by atoms with Crippen LogP contribution in [-0.2, 0) is 11.4 Å². The fourth-order valence-electron chi connectivity index (χ4n) is 2.70. The molecule has 0 aliphatic carbocycles. The molecule has 1 atom stereocenters. The minimum absolute atomic E-state index is 0.0199. The molecule has 2 aromatic carbocycles. The summed E-state index contributed by atoms with van der Waals surface area (Å²) in [6.45, 7) is 1.70. The second-order valence-electron chi connectivity index (χ2n) is 6.38. The Morgan fingerprint density at radius 1 is 1.27 bits per heavy atom. The lowest BCUT2D eigenvalue weighted by Gasteiger charge is -2.18. The number of nitrogens with zero attached hydrogens (tertiary/aromatic N) is 2. The molecule has 3 aromatic rings. The molecule has 1 aliphatic rings. The van der Waals surface area contributed by atoms with Crippen molar-refractivity contribution in [2.75, 3.05) is 11.9 Å². The maximum absolute atomic E-state index is 12.9. The number of anilines is 1. The van der Waals surface area contributed by atoms with Gasteiger partial charge in [-0.25, -0.2) is 4.39 Å². The summed E-state index contributed by atoms with van der Waals surface area (Å²) in [5.41, 5.74) is 0.895. The van der Waals surface area contributed by atoms with E-state index in [2.05, 4.69) is 15.5 Å². The Hall–Kier alpha value is -3.40. The van der Waals surface area contributed by atoms with Crippen molar-refractivity contribution >= 4 is 29.1 Å². The lowest BCUT2D eigenvalue weighted by molar-refractivity contribution is -0.118. The van der Waals surface area contributed by atoms with Crippen LogP contribution < -0.4 is 14.8 Å². The molecule has 2 heterocycles. The lowest BCUT2D eigenvalue weighted by atomic mass is 10.1. The van der Waals surface area contributed by atoms with Gasteiger partial charge in [0.1, 0.15) is 17.3 Å². The van der Waals surface area contributed by atoms with Crippen molar-refractivity contribution in [1.82, 2.24) is 10.2 Å². The molecule has 0 saturated heterocycles. The van der Waals surface area contributed by atoms with Crippen LogP contribution in [0.15, 0.2) is 52.1 Å². The third-order valence-corrected chi connectivity index (χ3v) is 5.10. The molecular formula is C20H16FN3O5S. The number of fused-ring (bicyclic) bond motifs is 1. The minimum Gasteiger partial charge on any atom is -0.484 e. The summed E-state index contributed by atoms with van der Waals surface area (Å²) in [5.74, 6) is 0.437. The van der Waals surface area contributed by atoms with Gasteiger partial charge in [-0.3, -0.25) is 9.59 Å². The van der Waals surface area contributed by atoms with E-state index >= 15 is 0 Å². The van der Waals surface area contributed by atoms with Gasteiger partial charge in [0, 0.05) is 5.56 Å². The summed E-state index contributed by atoms with van der Waals surface area (Å²) in [4.78, 5) is 24.2. The predicted octanol–water partition coefficient (Wildman–Crippen LogP) is 3.48. The number of halogens is 1. The molecule has 1 N–H and O–H groups in total. The van der Waals surface area contributed by atoms with E-state index in [-0.39, 0.29) is 41.8 Å². The van der Waals surface area contributed by atoms with Crippen LogP contribution in [0.25, 0.3) is 0 Å². The van der Waals surface area contributed by atoms with Gasteiger partial charge in [0.2, 0.25) is 0 Å². The Morgan fingerprint density at radius 2 is 2.07 bits per heavy atom. The SMILES string of the molecule is CC(Sc1nnc(COc2ccc(F)cc2)o1)C(=O)c1ccc2c(c1)NC(=O)CO2. The Morgan fingerprint density at radius 3 is 2.87 bits per heavy atom. The van der Waals surface area contributed by atoms with Gasteiger partial charge in [0.15, 0.2) is 19.0 Å². The molecule has 0 spiro atoms. The van der Waals surface area contributed by atoms with E-state index in [0.29, 0.717) is 22.7 Å². The van der Waals surface area contributed by atoms with E-state index < -0.39 is 5.25 Å². The number of carbonyl (C=O) groups is 2. The molecule has 0 fully saturated rings. The smallest absolute Gasteiger partial charge is 0.277 e. The second-order valence-corrected chi connectivity index (χ2v) is 7.67. The van der Waals surface area contributed by atoms with E-state index in [1.807, 2.05) is 0 Å². The lowest BCUT2D eigenvalue weighted by Crippen LogP contribution is -2.25. The van der Waals surface area contributed by atoms with Crippen LogP contribution in [0.3, 0.4) is 0 Å². The summed E-state index contributed by atoms with van der Waals surface area (Å²) in [6, 6.07) is 10.4. The Labute approximate surface area is 174 Å². The van der Waals surface area contributed by atoms with Crippen LogP contribution in [0.2, 0.25) is 0 Å². The standard InChI is InChI=1S/C20H16FN3O5S/c1-11(19(26)12-2-7-16-15(8-12)22-17(25)9-28-16)30-20-24-23-18(29-20)10-27-14-5-3-13(21)4-6-14/h2-8,11H,9-10H2,1H3,(H,22,25). The molecule has 1 aromatic heterocycles. The monoisotopic (exact) mass is 429 g/mol. The highest BCUT2D eigenvalue weighted by atomic mass is 32.2. The molecule has 30 heavy (non-hydrogen) atoms. The van der Waals surface area contributed by atoms with Crippen molar-refractivity contribution in [3.8, 4) is 11.5 Å². The number of rotatable bonds is 7. The highest BCUT2D eigenvalue weighted by molar-refractivity contribution is 8.00. The Bertz CT molecular complexity index is 1090. The van der Waals surface area contributed by atoms with Crippen molar-refractivity contribution in [1.29, 1.82) is 0 Å². The quantitative estimate of drug-likeness (QED) is 0.450. The maximum Gasteiger partial charge on any atom is 0.277 e. The highest BCUT2D eigenvalue weighted by Crippen LogP contribution is 2.31. The highest BCUT2D eigenvalue weighted by Gasteiger charge is 2.23. The van der Waals surface area contributed by atoms with Gasteiger partial charge >= 0.3 is 0 Å². The zero-order valence-electron chi connectivity index (χ0n) is 15.8. The zero-order valence-corrected chi connectivity index (χ0v) is 16.6. The van der Waals surface area contributed by atoms with Crippen LogP contribution >= 0.6 is 11.8 Å². The largest absolute Gasteiger partial charge is 0.484 e. The number of amides is 1. The number of ketones is 1. The van der Waals surface area contributed by atoms with Crippen molar-refractivity contribution < 1.29 is 27.9 Å². The topological polar surface area (TPSA) is 104 Å². The van der Waals surface area contributed by atoms with Crippen molar-refractivity contribution in [3.63, 3.8) is 0 Å². The number of benzene rings is 2. The first kappa shape index (κ1) is 19.9. The van der Waals surface area contributed by atoms with Crippen LogP contribution in [0, 0.1) is 5.82 Å². The van der Waals surface area contributed by atoms with E-state index in [1.165, 1.54) is 24.3 Å². The predicted molar refractivity (Wildman–Crippen MR) is 105 cm³/mol. The Kier molecular flexibility index (Phi) is 5.66. The van der Waals surface area contributed by atoms with Crippen LogP contribution in [0.4, 0.5) is 10.1 Å². The molecule has 1 aliphatic heterocycles. The number of hydrogen-bond acceptors (Lipinski definition) is 8. The van der Waals surface area contributed by atoms with E-state index in [9.17, 15) is 14.0 Å². The minimum atomic E-state index is -0.505. The molecular weight excluding hydrogens is 413 g/mol. The Balaban J connectivity index is 1.36. The number of thioether (sulfide) groups is 1. The maximum atomic E-state index is 12.9. The van der Waals surface area contributed by atoms with E-state index in [0.717, 1.165) is 11.8 Å². The molecule has 1 amide bonds. The number of ether oxygens (including phenoxy) is 2. The van der Waals surface area contributed by atoms with Crippen molar-refractivity contribution in [2.24, 2.45) is 0 Å². The van der Waals surface area contributed by atoms with Gasteiger partial charge < -0.3 is 19.2 Å². The van der Waals surface area contributed by atoms with Gasteiger partial charge in [-0.1, -0.05) is 11.8 Å². The molecule has 154 valence electrons. The van der Waals surface area contributed by atoms with E-state index in [4.69, 9.17) is 13.9 Å². The van der Waals surface area contributed by atoms with E-state index in [1.54, 1.807) is 25.1 Å². The summed E-state index contributed by atoms with van der Waals surface area (Å²) in [7, 11) is 0. The summed E-state index contributed by atoms with van der Waals surface area (Å²) >= 11 is 1.12. The number of hydrogen-bond donors (Lipinski definition) is 1. The summed E-state index contributed by atoms with van der Waals surface area (Å²) in [6.07, 6.45) is 0. The molecule has 1 unspecified atom stereocenters. The van der Waals surface area contributed by atoms with Crippen LogP contribution in [0.1, 0.15) is 23.2 Å². The van der Waals surface area contributed by atoms with Gasteiger partial charge in [0.05, 0.1) is 10.9 Å².